The Balaban J connectivity index is 3.95. The topological polar surface area (TPSA) is 72.5 Å². The van der Waals surface area contributed by atoms with Gasteiger partial charge in [0.1, 0.15) is 0 Å². The van der Waals surface area contributed by atoms with Crippen LogP contribution in [-0.2, 0) is 14.8 Å². The quantitative estimate of drug-likeness (QED) is 0.729. The summed E-state index contributed by atoms with van der Waals surface area (Å²) < 4.78 is 28.4. The molecule has 0 fully saturated rings. The van der Waals surface area contributed by atoms with Gasteiger partial charge < -0.3 is 4.74 Å². The molecule has 5 nitrogen and oxygen atoms in total. The molecule has 6 heteroatoms. The molecule has 0 rings (SSSR count). The number of sulfonamides is 1. The molecule has 0 unspecified atom stereocenters. The zero-order valence-corrected chi connectivity index (χ0v) is 8.69. The molecule has 0 heterocycles. The van der Waals surface area contributed by atoms with Crippen LogP contribution >= 0.6 is 0 Å². The van der Waals surface area contributed by atoms with Gasteiger partial charge in [-0.1, -0.05) is 13.3 Å². The smallest absolute Gasteiger partial charge is 0.420 e. The molecule has 13 heavy (non-hydrogen) atoms. The molecule has 0 bridgehead atoms. The maximum atomic E-state index is 11.1. The second kappa shape index (κ2) is 5.80. The third-order valence-corrected chi connectivity index (χ3v) is 2.58. The second-order valence-corrected chi connectivity index (χ2v) is 4.34. The van der Waals surface area contributed by atoms with E-state index in [9.17, 15) is 13.2 Å². The van der Waals surface area contributed by atoms with E-state index in [0.29, 0.717) is 6.42 Å². The summed E-state index contributed by atoms with van der Waals surface area (Å²) in [5, 5.41) is 0. The highest BCUT2D eigenvalue weighted by Gasteiger charge is 2.13. The normalized spacial score (nSPS) is 10.9. The zero-order chi connectivity index (χ0) is 10.3. The van der Waals surface area contributed by atoms with Crippen molar-refractivity contribution in [1.29, 1.82) is 0 Å². The van der Waals surface area contributed by atoms with Crippen LogP contribution in [0.3, 0.4) is 0 Å². The van der Waals surface area contributed by atoms with Gasteiger partial charge in [-0.25, -0.2) is 17.9 Å². The minimum atomic E-state index is -3.49. The minimum Gasteiger partial charge on any atom is -0.449 e. The summed E-state index contributed by atoms with van der Waals surface area (Å²) in [6.45, 7) is 3.65. The molecule has 0 aromatic carbocycles. The van der Waals surface area contributed by atoms with Crippen molar-refractivity contribution in [3.63, 3.8) is 0 Å². The number of amides is 1. The number of hydrogen-bond acceptors (Lipinski definition) is 4. The van der Waals surface area contributed by atoms with Crippen LogP contribution in [-0.4, -0.2) is 26.9 Å². The van der Waals surface area contributed by atoms with Gasteiger partial charge >= 0.3 is 6.09 Å². The van der Waals surface area contributed by atoms with Crippen molar-refractivity contribution < 1.29 is 17.9 Å². The van der Waals surface area contributed by atoms with Crippen molar-refractivity contribution in [3.8, 4) is 0 Å². The van der Waals surface area contributed by atoms with Crippen LogP contribution in [0.2, 0.25) is 0 Å². The summed E-state index contributed by atoms with van der Waals surface area (Å²) in [4.78, 5) is 10.7. The Kier molecular flexibility index (Phi) is 5.45. The number of nitrogens with one attached hydrogen (secondary N) is 1. The van der Waals surface area contributed by atoms with E-state index in [1.165, 1.54) is 0 Å². The highest BCUT2D eigenvalue weighted by atomic mass is 32.2. The summed E-state index contributed by atoms with van der Waals surface area (Å²) in [5.41, 5.74) is 0. The number of rotatable bonds is 5. The monoisotopic (exact) mass is 209 g/mol. The van der Waals surface area contributed by atoms with Crippen molar-refractivity contribution in [1.82, 2.24) is 4.72 Å². The van der Waals surface area contributed by atoms with Gasteiger partial charge in [-0.05, 0) is 13.3 Å². The third-order valence-electron chi connectivity index (χ3n) is 1.28. The molecule has 0 saturated heterocycles. The largest absolute Gasteiger partial charge is 0.449 e. The third kappa shape index (κ3) is 6.39. The lowest BCUT2D eigenvalue weighted by molar-refractivity contribution is 0.158. The Morgan fingerprint density at radius 2 is 2.00 bits per heavy atom. The molecular formula is C7H15NO4S. The first kappa shape index (κ1) is 12.2. The second-order valence-electron chi connectivity index (χ2n) is 2.49. The van der Waals surface area contributed by atoms with E-state index in [-0.39, 0.29) is 12.4 Å². The Bertz CT molecular complexity index is 247. The lowest BCUT2D eigenvalue weighted by Crippen LogP contribution is -2.32. The van der Waals surface area contributed by atoms with Gasteiger partial charge in [0.2, 0.25) is 10.0 Å². The molecule has 1 amide bonds. The van der Waals surface area contributed by atoms with Crippen molar-refractivity contribution in [2.45, 2.75) is 26.7 Å². The van der Waals surface area contributed by atoms with Gasteiger partial charge in [-0.15, -0.1) is 0 Å². The fourth-order valence-corrected chi connectivity index (χ4v) is 1.76. The highest BCUT2D eigenvalue weighted by Crippen LogP contribution is 1.93. The van der Waals surface area contributed by atoms with Gasteiger partial charge in [-0.2, -0.15) is 0 Å². The van der Waals surface area contributed by atoms with E-state index in [2.05, 4.69) is 4.74 Å². The van der Waals surface area contributed by atoms with E-state index in [1.807, 2.05) is 6.92 Å². The molecule has 0 aliphatic rings. The molecule has 0 saturated carbocycles. The van der Waals surface area contributed by atoms with E-state index in [4.69, 9.17) is 0 Å². The fourth-order valence-electron chi connectivity index (χ4n) is 0.673. The average Bonchev–Trinajstić information content (AvgIpc) is 2.00. The number of unbranched alkanes of at least 4 members (excludes halogenated alkanes) is 1. The lowest BCUT2D eigenvalue weighted by Gasteiger charge is -2.05. The minimum absolute atomic E-state index is 0.0394. The van der Waals surface area contributed by atoms with Crippen LogP contribution in [0.4, 0.5) is 4.79 Å². The van der Waals surface area contributed by atoms with E-state index in [1.54, 1.807) is 11.6 Å². The van der Waals surface area contributed by atoms with E-state index >= 15 is 0 Å². The summed E-state index contributed by atoms with van der Waals surface area (Å²) in [7, 11) is -3.49. The van der Waals surface area contributed by atoms with Crippen LogP contribution in [0.25, 0.3) is 0 Å². The summed E-state index contributed by atoms with van der Waals surface area (Å²) in [5.74, 6) is -0.0394. The zero-order valence-electron chi connectivity index (χ0n) is 7.87. The van der Waals surface area contributed by atoms with Gasteiger partial charge in [0.15, 0.2) is 0 Å². The molecular weight excluding hydrogens is 194 g/mol. The Labute approximate surface area is 78.5 Å². The van der Waals surface area contributed by atoms with Gasteiger partial charge in [-0.3, -0.25) is 0 Å². The number of ether oxygens (including phenoxy) is 1. The standard InChI is InChI=1S/C7H15NO4S/c1-3-5-6-13(10,11)8-7(9)12-4-2/h3-6H2,1-2H3,(H,8,9). The molecule has 78 valence electrons. The van der Waals surface area contributed by atoms with Crippen LogP contribution in [0, 0.1) is 0 Å². The van der Waals surface area contributed by atoms with Gasteiger partial charge in [0.25, 0.3) is 0 Å². The van der Waals surface area contributed by atoms with Crippen LogP contribution in [0.15, 0.2) is 0 Å². The van der Waals surface area contributed by atoms with Crippen LogP contribution in [0.1, 0.15) is 26.7 Å². The molecule has 0 aliphatic heterocycles. The van der Waals surface area contributed by atoms with Crippen molar-refractivity contribution in [3.05, 3.63) is 0 Å². The number of hydrogen-bond donors (Lipinski definition) is 1. The van der Waals surface area contributed by atoms with Gasteiger partial charge in [0, 0.05) is 0 Å². The van der Waals surface area contributed by atoms with Crippen LogP contribution < -0.4 is 4.72 Å². The molecule has 0 aromatic rings. The SMILES string of the molecule is CCCCS(=O)(=O)NC(=O)OCC. The summed E-state index contributed by atoms with van der Waals surface area (Å²) >= 11 is 0. The van der Waals surface area contributed by atoms with Crippen molar-refractivity contribution in [2.75, 3.05) is 12.4 Å². The summed E-state index contributed by atoms with van der Waals surface area (Å²) in [6, 6.07) is 0. The van der Waals surface area contributed by atoms with Crippen molar-refractivity contribution >= 4 is 16.1 Å². The first-order valence-electron chi connectivity index (χ1n) is 4.19. The maximum absolute atomic E-state index is 11.1. The summed E-state index contributed by atoms with van der Waals surface area (Å²) in [6.07, 6.45) is 0.400. The molecule has 0 aliphatic carbocycles. The first-order valence-corrected chi connectivity index (χ1v) is 5.84. The Morgan fingerprint density at radius 1 is 1.38 bits per heavy atom. The highest BCUT2D eigenvalue weighted by molar-refractivity contribution is 7.90. The van der Waals surface area contributed by atoms with Crippen molar-refractivity contribution in [2.24, 2.45) is 0 Å². The Morgan fingerprint density at radius 3 is 2.46 bits per heavy atom. The predicted octanol–water partition coefficient (Wildman–Crippen LogP) is 0.862. The molecule has 1 N–H and O–H groups in total. The maximum Gasteiger partial charge on any atom is 0.420 e. The molecule has 0 aromatic heterocycles. The lowest BCUT2D eigenvalue weighted by atomic mass is 10.4. The van der Waals surface area contributed by atoms with E-state index in [0.717, 1.165) is 6.42 Å². The fraction of sp³-hybridized carbons (Fsp3) is 0.857. The van der Waals surface area contributed by atoms with Crippen LogP contribution in [0.5, 0.6) is 0 Å². The predicted molar refractivity (Wildman–Crippen MR) is 48.9 cm³/mol. The first-order chi connectivity index (χ1) is 6.02. The molecule has 0 spiro atoms. The van der Waals surface area contributed by atoms with Gasteiger partial charge in [0.05, 0.1) is 12.4 Å². The number of carbonyl (C=O) groups is 1. The van der Waals surface area contributed by atoms with E-state index < -0.39 is 16.1 Å². The Hall–Kier alpha value is -0.780. The molecule has 0 atom stereocenters. The number of carbonyl (C=O) groups excluding carboxylic acids is 1. The average molecular weight is 209 g/mol. The molecule has 0 radical (unpaired) electrons.